The zero-order valence-electron chi connectivity index (χ0n) is 13.0. The highest BCUT2D eigenvalue weighted by Gasteiger charge is 2.14. The summed E-state index contributed by atoms with van der Waals surface area (Å²) < 4.78 is 6.05. The number of nitrogens with zero attached hydrogens (tertiary/aromatic N) is 2. The van der Waals surface area contributed by atoms with E-state index in [0.717, 1.165) is 23.4 Å². The van der Waals surface area contributed by atoms with E-state index >= 15 is 0 Å². The number of hydrogen-bond donors (Lipinski definition) is 0. The highest BCUT2D eigenvalue weighted by molar-refractivity contribution is 5.49. The molecule has 3 nitrogen and oxygen atoms in total. The molecule has 108 valence electrons. The van der Waals surface area contributed by atoms with Crippen LogP contribution >= 0.6 is 0 Å². The van der Waals surface area contributed by atoms with Gasteiger partial charge in [-0.2, -0.15) is 5.26 Å². The lowest BCUT2D eigenvalue weighted by Gasteiger charge is -2.16. The Kier molecular flexibility index (Phi) is 4.59. The van der Waals surface area contributed by atoms with Gasteiger partial charge in [0.15, 0.2) is 0 Å². The van der Waals surface area contributed by atoms with Crippen LogP contribution in [0, 0.1) is 25.2 Å². The van der Waals surface area contributed by atoms with E-state index in [1.165, 1.54) is 0 Å². The number of aromatic nitrogens is 1. The molecule has 0 saturated heterocycles. The van der Waals surface area contributed by atoms with Crippen LogP contribution in [0.25, 0.3) is 0 Å². The summed E-state index contributed by atoms with van der Waals surface area (Å²) in [5.41, 5.74) is 3.21. The van der Waals surface area contributed by atoms with Gasteiger partial charge < -0.3 is 4.74 Å². The molecule has 3 heteroatoms. The summed E-state index contributed by atoms with van der Waals surface area (Å²) in [6, 6.07) is 12.0. The van der Waals surface area contributed by atoms with E-state index in [1.54, 1.807) is 0 Å². The van der Waals surface area contributed by atoms with Gasteiger partial charge in [-0.15, -0.1) is 0 Å². The van der Waals surface area contributed by atoms with E-state index in [9.17, 15) is 5.26 Å². The Morgan fingerprint density at radius 3 is 2.62 bits per heavy atom. The van der Waals surface area contributed by atoms with Gasteiger partial charge in [0.1, 0.15) is 23.1 Å². The molecule has 2 aromatic rings. The third kappa shape index (κ3) is 3.22. The Bertz CT molecular complexity index is 686. The minimum Gasteiger partial charge on any atom is -0.456 e. The van der Waals surface area contributed by atoms with Crippen LogP contribution in [0.1, 0.15) is 48.7 Å². The van der Waals surface area contributed by atoms with Crippen molar-refractivity contribution in [1.29, 1.82) is 5.26 Å². The maximum atomic E-state index is 9.32. The smallest absolute Gasteiger partial charge is 0.148 e. The normalized spacial score (nSPS) is 11.8. The number of hydrogen-bond acceptors (Lipinski definition) is 3. The highest BCUT2D eigenvalue weighted by Crippen LogP contribution is 2.34. The summed E-state index contributed by atoms with van der Waals surface area (Å²) in [7, 11) is 0. The fourth-order valence-corrected chi connectivity index (χ4v) is 2.33. The molecule has 0 aliphatic carbocycles. The topological polar surface area (TPSA) is 45.9 Å². The molecular formula is C18H20N2O. The van der Waals surface area contributed by atoms with Crippen molar-refractivity contribution >= 4 is 0 Å². The summed E-state index contributed by atoms with van der Waals surface area (Å²) in [6.07, 6.45) is 1.04. The summed E-state index contributed by atoms with van der Waals surface area (Å²) in [5, 5.41) is 9.32. The Morgan fingerprint density at radius 2 is 1.95 bits per heavy atom. The molecular weight excluding hydrogens is 260 g/mol. The Balaban J connectivity index is 2.47. The summed E-state index contributed by atoms with van der Waals surface area (Å²) in [5.74, 6) is 1.81. The molecule has 21 heavy (non-hydrogen) atoms. The van der Waals surface area contributed by atoms with E-state index < -0.39 is 0 Å². The monoisotopic (exact) mass is 280 g/mol. The highest BCUT2D eigenvalue weighted by atomic mass is 16.5. The second-order valence-corrected chi connectivity index (χ2v) is 5.28. The predicted octanol–water partition coefficient (Wildman–Crippen LogP) is 4.88. The number of nitriles is 1. The number of benzene rings is 1. The second kappa shape index (κ2) is 6.41. The molecule has 0 bridgehead atoms. The minimum atomic E-state index is 0.413. The average molecular weight is 280 g/mol. The largest absolute Gasteiger partial charge is 0.456 e. The Morgan fingerprint density at radius 1 is 1.24 bits per heavy atom. The quantitative estimate of drug-likeness (QED) is 0.802. The molecule has 1 heterocycles. The number of rotatable bonds is 4. The molecule has 0 amide bonds. The van der Waals surface area contributed by atoms with Crippen LogP contribution in [0.15, 0.2) is 30.3 Å². The number of para-hydroxylation sites is 1. The molecule has 0 N–H and O–H groups in total. The zero-order valence-corrected chi connectivity index (χ0v) is 13.0. The minimum absolute atomic E-state index is 0.413. The van der Waals surface area contributed by atoms with Gasteiger partial charge in [0.25, 0.3) is 0 Å². The molecule has 0 saturated carbocycles. The first-order valence-electron chi connectivity index (χ1n) is 7.22. The van der Waals surface area contributed by atoms with Crippen LogP contribution in [0.4, 0.5) is 0 Å². The van der Waals surface area contributed by atoms with Crippen molar-refractivity contribution in [2.24, 2.45) is 0 Å². The van der Waals surface area contributed by atoms with Crippen molar-refractivity contribution in [3.63, 3.8) is 0 Å². The molecule has 1 atom stereocenters. The molecule has 1 aromatic heterocycles. The maximum Gasteiger partial charge on any atom is 0.148 e. The maximum absolute atomic E-state index is 9.32. The van der Waals surface area contributed by atoms with Crippen molar-refractivity contribution in [3.8, 4) is 17.6 Å². The van der Waals surface area contributed by atoms with E-state index in [4.69, 9.17) is 4.74 Å². The average Bonchev–Trinajstić information content (AvgIpc) is 2.46. The van der Waals surface area contributed by atoms with Gasteiger partial charge in [-0.3, -0.25) is 4.98 Å². The lowest BCUT2D eigenvalue weighted by molar-refractivity contribution is 0.467. The SMILES string of the molecule is CCC(C)c1ccccc1Oc1cc(C)nc(C)c1C#N. The molecule has 1 unspecified atom stereocenters. The van der Waals surface area contributed by atoms with Gasteiger partial charge in [-0.25, -0.2) is 0 Å². The molecule has 0 radical (unpaired) electrons. The molecule has 0 fully saturated rings. The summed E-state index contributed by atoms with van der Waals surface area (Å²) in [4.78, 5) is 4.32. The lowest BCUT2D eigenvalue weighted by atomic mass is 9.98. The molecule has 0 spiro atoms. The molecule has 0 aliphatic rings. The molecule has 0 aliphatic heterocycles. The van der Waals surface area contributed by atoms with Crippen molar-refractivity contribution in [3.05, 3.63) is 52.8 Å². The molecule has 1 aromatic carbocycles. The fourth-order valence-electron chi connectivity index (χ4n) is 2.33. The van der Waals surface area contributed by atoms with Crippen molar-refractivity contribution in [2.75, 3.05) is 0 Å². The van der Waals surface area contributed by atoms with Gasteiger partial charge in [0, 0.05) is 11.8 Å². The number of pyridine rings is 1. The predicted molar refractivity (Wildman–Crippen MR) is 83.6 cm³/mol. The van der Waals surface area contributed by atoms with Gasteiger partial charge in [-0.1, -0.05) is 32.0 Å². The van der Waals surface area contributed by atoms with Crippen LogP contribution in [-0.2, 0) is 0 Å². The Labute approximate surface area is 126 Å². The van der Waals surface area contributed by atoms with Gasteiger partial charge in [0.2, 0.25) is 0 Å². The lowest BCUT2D eigenvalue weighted by Crippen LogP contribution is -2.00. The van der Waals surface area contributed by atoms with Gasteiger partial charge >= 0.3 is 0 Å². The molecule has 2 rings (SSSR count). The van der Waals surface area contributed by atoms with E-state index in [0.29, 0.717) is 22.9 Å². The van der Waals surface area contributed by atoms with Gasteiger partial charge in [0.05, 0.1) is 5.69 Å². The number of aryl methyl sites for hydroxylation is 2. The van der Waals surface area contributed by atoms with Crippen LogP contribution in [-0.4, -0.2) is 4.98 Å². The number of ether oxygens (including phenoxy) is 1. The van der Waals surface area contributed by atoms with E-state index in [-0.39, 0.29) is 0 Å². The van der Waals surface area contributed by atoms with Crippen molar-refractivity contribution in [2.45, 2.75) is 40.0 Å². The first-order valence-corrected chi connectivity index (χ1v) is 7.22. The first kappa shape index (κ1) is 15.1. The summed E-state index contributed by atoms with van der Waals surface area (Å²) >= 11 is 0. The Hall–Kier alpha value is -2.34. The second-order valence-electron chi connectivity index (χ2n) is 5.28. The first-order chi connectivity index (χ1) is 10.1. The third-order valence-corrected chi connectivity index (χ3v) is 3.69. The van der Waals surface area contributed by atoms with Crippen LogP contribution in [0.2, 0.25) is 0 Å². The van der Waals surface area contributed by atoms with Crippen molar-refractivity contribution < 1.29 is 4.74 Å². The van der Waals surface area contributed by atoms with Gasteiger partial charge in [-0.05, 0) is 37.8 Å². The van der Waals surface area contributed by atoms with Crippen molar-refractivity contribution in [1.82, 2.24) is 4.98 Å². The van der Waals surface area contributed by atoms with E-state index in [2.05, 4.69) is 31.0 Å². The summed E-state index contributed by atoms with van der Waals surface area (Å²) in [6.45, 7) is 8.07. The van der Waals surface area contributed by atoms with Crippen LogP contribution < -0.4 is 4.74 Å². The van der Waals surface area contributed by atoms with Crippen LogP contribution in [0.3, 0.4) is 0 Å². The standard InChI is InChI=1S/C18H20N2O/c1-5-12(2)15-8-6-7-9-17(15)21-18-10-13(3)20-14(4)16(18)11-19/h6-10,12H,5H2,1-4H3. The third-order valence-electron chi connectivity index (χ3n) is 3.69. The zero-order chi connectivity index (χ0) is 15.4. The fraction of sp³-hybridized carbons (Fsp3) is 0.333. The van der Waals surface area contributed by atoms with Crippen LogP contribution in [0.5, 0.6) is 11.5 Å². The van der Waals surface area contributed by atoms with E-state index in [1.807, 2.05) is 38.1 Å².